The number of ether oxygens (including phenoxy) is 1. The van der Waals surface area contributed by atoms with Crippen molar-refractivity contribution in [1.82, 2.24) is 0 Å². The summed E-state index contributed by atoms with van der Waals surface area (Å²) in [7, 11) is -2.61. The van der Waals surface area contributed by atoms with E-state index >= 15 is 0 Å². The second-order valence-corrected chi connectivity index (χ2v) is 13.4. The van der Waals surface area contributed by atoms with Crippen LogP contribution in [0.15, 0.2) is 109 Å². The molecule has 0 N–H and O–H groups in total. The molecular weight excluding hydrogens is 418 g/mol. The highest BCUT2D eigenvalue weighted by Crippen LogP contribution is 2.24. The summed E-state index contributed by atoms with van der Waals surface area (Å²) in [5, 5.41) is 5.38. The van der Waals surface area contributed by atoms with E-state index in [0.717, 1.165) is 11.3 Å². The number of hydrogen-bond donors (Lipinski definition) is 0. The van der Waals surface area contributed by atoms with Crippen LogP contribution in [0.2, 0.25) is 0 Å². The molecule has 0 bridgehead atoms. The molecule has 0 radical (unpaired) electrons. The van der Waals surface area contributed by atoms with Gasteiger partial charge in [0.2, 0.25) is 0 Å². The van der Waals surface area contributed by atoms with Crippen molar-refractivity contribution in [2.45, 2.75) is 26.3 Å². The molecule has 3 heteroatoms. The predicted octanol–water partition coefficient (Wildman–Crippen LogP) is 3.64. The van der Waals surface area contributed by atoms with E-state index in [1.165, 1.54) is 20.7 Å². The van der Waals surface area contributed by atoms with Crippen molar-refractivity contribution in [2.75, 3.05) is 6.73 Å². The van der Waals surface area contributed by atoms with Gasteiger partial charge in [-0.3, -0.25) is 0 Å². The highest BCUT2D eigenvalue weighted by Gasteiger charge is 2.45. The maximum absolute atomic E-state index is 6.59. The third kappa shape index (κ3) is 3.73. The van der Waals surface area contributed by atoms with Crippen molar-refractivity contribution in [2.24, 2.45) is 0 Å². The van der Waals surface area contributed by atoms with Gasteiger partial charge in [0.05, 0.1) is 5.56 Å². The molecule has 4 aromatic carbocycles. The van der Waals surface area contributed by atoms with Crippen LogP contribution < -0.4 is 25.5 Å². The van der Waals surface area contributed by atoms with Crippen LogP contribution in [0.3, 0.4) is 0 Å². The van der Waals surface area contributed by atoms with E-state index in [1.807, 2.05) is 0 Å². The Morgan fingerprint density at radius 2 is 1.12 bits per heavy atom. The molecule has 0 saturated carbocycles. The Balaban J connectivity index is 1.88. The molecule has 1 heterocycles. The van der Waals surface area contributed by atoms with Gasteiger partial charge >= 0.3 is 0 Å². The highest BCUT2D eigenvalue weighted by atomic mass is 28.3. The summed E-state index contributed by atoms with van der Waals surface area (Å²) in [6.45, 7) is 7.21. The van der Waals surface area contributed by atoms with Crippen LogP contribution in [0.1, 0.15) is 26.3 Å². The van der Waals surface area contributed by atoms with Gasteiger partial charge in [0, 0.05) is 0 Å². The fraction of sp³-hybridized carbons (Fsp3) is 0.167. The lowest BCUT2D eigenvalue weighted by molar-refractivity contribution is -0.619. The Kier molecular flexibility index (Phi) is 5.51. The first-order chi connectivity index (χ1) is 16.0. The van der Waals surface area contributed by atoms with Crippen molar-refractivity contribution < 1.29 is 9.31 Å². The summed E-state index contributed by atoms with van der Waals surface area (Å²) in [4.78, 5) is 0. The van der Waals surface area contributed by atoms with Crippen LogP contribution >= 0.6 is 0 Å². The van der Waals surface area contributed by atoms with Crippen LogP contribution in [0.4, 0.5) is 0 Å². The standard InChI is InChI=1S/C30H30NOSi/c1-30(2,3)31-22-24-14-13-21-28(29(24)32-23-31)33(25-15-7-4-8-16-25,26-17-9-5-10-18-26)27-19-11-6-12-20-27/h4-22H,23H2,1-3H3/q+1. The molecule has 1 aliphatic heterocycles. The molecule has 5 rings (SSSR count). The third-order valence-electron chi connectivity index (χ3n) is 6.57. The van der Waals surface area contributed by atoms with Crippen LogP contribution in [-0.4, -0.2) is 31.1 Å². The first-order valence-corrected chi connectivity index (χ1v) is 13.6. The minimum absolute atomic E-state index is 0.000498. The number of benzene rings is 4. The maximum atomic E-state index is 6.59. The molecule has 4 aromatic rings. The summed E-state index contributed by atoms with van der Waals surface area (Å²) >= 11 is 0. The van der Waals surface area contributed by atoms with Gasteiger partial charge in [-0.1, -0.05) is 103 Å². The Morgan fingerprint density at radius 1 is 0.636 bits per heavy atom. The summed E-state index contributed by atoms with van der Waals surface area (Å²) in [6, 6.07) is 39.7. The van der Waals surface area contributed by atoms with Gasteiger partial charge in [-0.05, 0) is 47.6 Å². The zero-order valence-corrected chi connectivity index (χ0v) is 20.5. The molecule has 0 spiro atoms. The number of para-hydroxylation sites is 1. The van der Waals surface area contributed by atoms with Crippen molar-refractivity contribution in [3.05, 3.63) is 115 Å². The number of nitrogens with zero attached hydrogens (tertiary/aromatic N) is 1. The van der Waals surface area contributed by atoms with Crippen molar-refractivity contribution in [3.63, 3.8) is 0 Å². The third-order valence-corrected chi connectivity index (χ3v) is 11.4. The van der Waals surface area contributed by atoms with Gasteiger partial charge in [0.15, 0.2) is 19.8 Å². The highest BCUT2D eigenvalue weighted by molar-refractivity contribution is 7.20. The number of hydrogen-bond acceptors (Lipinski definition) is 1. The van der Waals surface area contributed by atoms with E-state index in [0.29, 0.717) is 6.73 Å². The smallest absolute Gasteiger partial charge is 0.287 e. The van der Waals surface area contributed by atoms with Gasteiger partial charge in [-0.2, -0.15) is 4.58 Å². The Labute approximate surface area is 197 Å². The maximum Gasteiger partial charge on any atom is 0.287 e. The summed E-state index contributed by atoms with van der Waals surface area (Å²) < 4.78 is 8.87. The van der Waals surface area contributed by atoms with Crippen molar-refractivity contribution in [1.29, 1.82) is 0 Å². The van der Waals surface area contributed by atoms with Crippen molar-refractivity contribution >= 4 is 35.0 Å². The van der Waals surface area contributed by atoms with Crippen molar-refractivity contribution in [3.8, 4) is 5.75 Å². The summed E-state index contributed by atoms with van der Waals surface area (Å²) in [6.07, 6.45) is 2.27. The van der Waals surface area contributed by atoms with E-state index in [9.17, 15) is 0 Å². The monoisotopic (exact) mass is 448 g/mol. The summed E-state index contributed by atoms with van der Waals surface area (Å²) in [5.74, 6) is 1.02. The fourth-order valence-corrected chi connectivity index (χ4v) is 9.78. The molecule has 0 aromatic heterocycles. The van der Waals surface area contributed by atoms with Gasteiger partial charge in [-0.25, -0.2) is 0 Å². The van der Waals surface area contributed by atoms with Crippen LogP contribution in [0.5, 0.6) is 5.75 Å². The molecule has 0 unspecified atom stereocenters. The average molecular weight is 449 g/mol. The summed E-state index contributed by atoms with van der Waals surface area (Å²) in [5.41, 5.74) is 1.15. The second kappa shape index (κ2) is 8.49. The predicted molar refractivity (Wildman–Crippen MR) is 141 cm³/mol. The molecule has 164 valence electrons. The fourth-order valence-electron chi connectivity index (χ4n) is 4.87. The minimum atomic E-state index is -2.61. The lowest BCUT2D eigenvalue weighted by Crippen LogP contribution is -2.75. The molecule has 33 heavy (non-hydrogen) atoms. The van der Waals surface area contributed by atoms with Gasteiger partial charge in [-0.15, -0.1) is 0 Å². The largest absolute Gasteiger partial charge is 0.435 e. The zero-order valence-electron chi connectivity index (χ0n) is 19.5. The Morgan fingerprint density at radius 3 is 1.58 bits per heavy atom. The topological polar surface area (TPSA) is 12.2 Å². The Hall–Kier alpha value is -3.43. The average Bonchev–Trinajstić information content (AvgIpc) is 2.86. The van der Waals surface area contributed by atoms with Crippen LogP contribution in [0, 0.1) is 0 Å². The molecule has 0 fully saturated rings. The second-order valence-electron chi connectivity index (χ2n) is 9.62. The van der Waals surface area contributed by atoms with E-state index in [-0.39, 0.29) is 5.54 Å². The first kappa shape index (κ1) is 21.4. The molecular formula is C30H30NOSi+. The van der Waals surface area contributed by atoms with Gasteiger partial charge < -0.3 is 4.74 Å². The lowest BCUT2D eigenvalue weighted by Gasteiger charge is -2.36. The molecule has 2 nitrogen and oxygen atoms in total. The zero-order chi connectivity index (χ0) is 22.9. The molecule has 0 aliphatic carbocycles. The first-order valence-electron chi connectivity index (χ1n) is 11.6. The Bertz CT molecular complexity index is 1180. The molecule has 0 amide bonds. The molecule has 0 atom stereocenters. The normalized spacial score (nSPS) is 13.6. The lowest BCUT2D eigenvalue weighted by atomic mass is 10.1. The van der Waals surface area contributed by atoms with Crippen LogP contribution in [0.25, 0.3) is 0 Å². The minimum Gasteiger partial charge on any atom is -0.435 e. The van der Waals surface area contributed by atoms with Crippen LogP contribution in [-0.2, 0) is 0 Å². The number of rotatable bonds is 4. The van der Waals surface area contributed by atoms with E-state index < -0.39 is 8.07 Å². The SMILES string of the molecule is CC(C)(C)[N+]1=Cc2cccc([Si](c3ccccc3)(c3ccccc3)c3ccccc3)c2OC1. The molecule has 1 aliphatic rings. The number of fused-ring (bicyclic) bond motifs is 1. The van der Waals surface area contributed by atoms with Gasteiger partial charge in [0.25, 0.3) is 6.73 Å². The van der Waals surface area contributed by atoms with E-state index in [2.05, 4.69) is 141 Å². The van der Waals surface area contributed by atoms with Gasteiger partial charge in [0.1, 0.15) is 5.75 Å². The molecule has 0 saturated heterocycles. The van der Waals surface area contributed by atoms with E-state index in [4.69, 9.17) is 4.74 Å². The van der Waals surface area contributed by atoms with E-state index in [1.54, 1.807) is 0 Å². The quantitative estimate of drug-likeness (QED) is 0.264.